The molecule has 0 amide bonds. The molecule has 0 fully saturated rings. The molecule has 4 heteroatoms. The standard InChI is InChI=1S/C17H23BrOS2/c1-2-3-4-5-6-7-8-9-10-13-11-14-17(20-13)16(18)15(12-19)21-14/h11-12H,2-10H2,1H3. The Morgan fingerprint density at radius 2 is 1.71 bits per heavy atom. The highest BCUT2D eigenvalue weighted by atomic mass is 79.9. The van der Waals surface area contributed by atoms with Gasteiger partial charge in [-0.15, -0.1) is 22.7 Å². The van der Waals surface area contributed by atoms with E-state index in [0.717, 1.165) is 15.6 Å². The van der Waals surface area contributed by atoms with Gasteiger partial charge in [0.05, 0.1) is 14.0 Å². The summed E-state index contributed by atoms with van der Waals surface area (Å²) in [5.41, 5.74) is 0. The summed E-state index contributed by atoms with van der Waals surface area (Å²) in [4.78, 5) is 13.2. The summed E-state index contributed by atoms with van der Waals surface area (Å²) in [5.74, 6) is 0. The van der Waals surface area contributed by atoms with Gasteiger partial charge in [0, 0.05) is 9.58 Å². The van der Waals surface area contributed by atoms with E-state index in [1.54, 1.807) is 11.3 Å². The number of thiophene rings is 2. The topological polar surface area (TPSA) is 17.1 Å². The molecule has 2 rings (SSSR count). The second-order valence-electron chi connectivity index (χ2n) is 5.53. The van der Waals surface area contributed by atoms with E-state index in [2.05, 4.69) is 28.9 Å². The van der Waals surface area contributed by atoms with Crippen LogP contribution in [-0.4, -0.2) is 6.29 Å². The van der Waals surface area contributed by atoms with E-state index in [-0.39, 0.29) is 0 Å². The van der Waals surface area contributed by atoms with Crippen molar-refractivity contribution in [1.29, 1.82) is 0 Å². The third-order valence-corrected chi connectivity index (χ3v) is 7.52. The van der Waals surface area contributed by atoms with Crippen molar-refractivity contribution < 1.29 is 4.79 Å². The Kier molecular flexibility index (Phi) is 7.41. The van der Waals surface area contributed by atoms with E-state index in [0.29, 0.717) is 0 Å². The molecule has 0 unspecified atom stereocenters. The Bertz CT molecular complexity index is 571. The quantitative estimate of drug-likeness (QED) is 0.311. The molecule has 2 heterocycles. The minimum Gasteiger partial charge on any atom is -0.297 e. The lowest BCUT2D eigenvalue weighted by Crippen LogP contribution is -1.83. The number of fused-ring (bicyclic) bond motifs is 1. The number of aldehydes is 1. The monoisotopic (exact) mass is 386 g/mol. The van der Waals surface area contributed by atoms with E-state index in [9.17, 15) is 4.79 Å². The lowest BCUT2D eigenvalue weighted by atomic mass is 10.1. The average molecular weight is 387 g/mol. The zero-order valence-electron chi connectivity index (χ0n) is 12.6. The van der Waals surface area contributed by atoms with Crippen LogP contribution in [0.25, 0.3) is 9.40 Å². The number of unbranched alkanes of at least 4 members (excludes halogenated alkanes) is 7. The Labute approximate surface area is 143 Å². The lowest BCUT2D eigenvalue weighted by molar-refractivity contribution is 0.112. The Balaban J connectivity index is 1.70. The van der Waals surface area contributed by atoms with Gasteiger partial charge in [0.25, 0.3) is 0 Å². The first-order valence-corrected chi connectivity index (χ1v) is 10.3. The lowest BCUT2D eigenvalue weighted by Gasteiger charge is -2.00. The molecule has 0 aliphatic rings. The molecular formula is C17H23BrOS2. The fraction of sp³-hybridized carbons (Fsp3) is 0.588. The molecular weight excluding hydrogens is 364 g/mol. The van der Waals surface area contributed by atoms with Gasteiger partial charge in [-0.2, -0.15) is 0 Å². The van der Waals surface area contributed by atoms with Crippen molar-refractivity contribution >= 4 is 54.3 Å². The predicted octanol–water partition coefficient (Wildman–Crippen LogP) is 7.22. The molecule has 116 valence electrons. The fourth-order valence-electron chi connectivity index (χ4n) is 2.56. The molecule has 2 aromatic rings. The number of hydrogen-bond donors (Lipinski definition) is 0. The number of aryl methyl sites for hydroxylation is 1. The van der Waals surface area contributed by atoms with Crippen molar-refractivity contribution in [3.63, 3.8) is 0 Å². The summed E-state index contributed by atoms with van der Waals surface area (Å²) < 4.78 is 3.49. The number of rotatable bonds is 10. The summed E-state index contributed by atoms with van der Waals surface area (Å²) in [5, 5.41) is 0. The molecule has 0 radical (unpaired) electrons. The molecule has 0 aliphatic heterocycles. The van der Waals surface area contributed by atoms with Gasteiger partial charge in [-0.05, 0) is 34.8 Å². The van der Waals surface area contributed by atoms with Crippen molar-refractivity contribution in [3.05, 3.63) is 20.3 Å². The summed E-state index contributed by atoms with van der Waals surface area (Å²) in [7, 11) is 0. The number of carbonyl (C=O) groups is 1. The van der Waals surface area contributed by atoms with E-state index in [1.165, 1.54) is 72.1 Å². The average Bonchev–Trinajstić information content (AvgIpc) is 3.01. The van der Waals surface area contributed by atoms with Crippen LogP contribution in [0.4, 0.5) is 0 Å². The van der Waals surface area contributed by atoms with Crippen LogP contribution in [0.15, 0.2) is 10.5 Å². The summed E-state index contributed by atoms with van der Waals surface area (Å²) in [6, 6.07) is 2.27. The maximum atomic E-state index is 10.9. The molecule has 0 bridgehead atoms. The third kappa shape index (κ3) is 4.90. The van der Waals surface area contributed by atoms with Gasteiger partial charge in [0.2, 0.25) is 0 Å². The van der Waals surface area contributed by atoms with Gasteiger partial charge in [-0.3, -0.25) is 4.79 Å². The fourth-order valence-corrected chi connectivity index (χ4v) is 5.79. The third-order valence-electron chi connectivity index (χ3n) is 3.77. The minimum absolute atomic E-state index is 0.815. The first kappa shape index (κ1) is 17.2. The van der Waals surface area contributed by atoms with Crippen LogP contribution >= 0.6 is 38.6 Å². The highest BCUT2D eigenvalue weighted by molar-refractivity contribution is 9.10. The van der Waals surface area contributed by atoms with Gasteiger partial charge in [-0.25, -0.2) is 0 Å². The smallest absolute Gasteiger partial charge is 0.161 e. The zero-order chi connectivity index (χ0) is 15.1. The first-order chi connectivity index (χ1) is 10.3. The molecule has 0 N–H and O–H groups in total. The molecule has 2 aromatic heterocycles. The van der Waals surface area contributed by atoms with E-state index in [1.807, 2.05) is 11.3 Å². The van der Waals surface area contributed by atoms with Crippen molar-refractivity contribution in [3.8, 4) is 0 Å². The number of halogens is 1. The van der Waals surface area contributed by atoms with Gasteiger partial charge in [-0.1, -0.05) is 51.9 Å². The zero-order valence-corrected chi connectivity index (χ0v) is 15.8. The maximum Gasteiger partial charge on any atom is 0.161 e. The van der Waals surface area contributed by atoms with Crippen LogP contribution in [-0.2, 0) is 6.42 Å². The number of carbonyl (C=O) groups excluding carboxylic acids is 1. The van der Waals surface area contributed by atoms with Crippen LogP contribution in [0, 0.1) is 0 Å². The summed E-state index contributed by atoms with van der Waals surface area (Å²) in [6.45, 7) is 2.27. The minimum atomic E-state index is 0.815. The highest BCUT2D eigenvalue weighted by Crippen LogP contribution is 2.40. The SMILES string of the molecule is CCCCCCCCCCc1cc2sc(C=O)c(Br)c2s1. The van der Waals surface area contributed by atoms with Crippen LogP contribution in [0.2, 0.25) is 0 Å². The van der Waals surface area contributed by atoms with E-state index >= 15 is 0 Å². The second-order valence-corrected chi connectivity index (χ2v) is 8.54. The van der Waals surface area contributed by atoms with Gasteiger partial charge >= 0.3 is 0 Å². The molecule has 0 saturated heterocycles. The molecule has 0 atom stereocenters. The molecule has 0 saturated carbocycles. The molecule has 0 spiro atoms. The molecule has 0 aromatic carbocycles. The van der Waals surface area contributed by atoms with Crippen molar-refractivity contribution in [2.45, 2.75) is 64.7 Å². The van der Waals surface area contributed by atoms with Crippen molar-refractivity contribution in [2.24, 2.45) is 0 Å². The summed E-state index contributed by atoms with van der Waals surface area (Å²) in [6.07, 6.45) is 13.1. The summed E-state index contributed by atoms with van der Waals surface area (Å²) >= 11 is 6.97. The first-order valence-electron chi connectivity index (χ1n) is 7.92. The van der Waals surface area contributed by atoms with Gasteiger partial charge in [0.15, 0.2) is 6.29 Å². The Morgan fingerprint density at radius 1 is 1.05 bits per heavy atom. The van der Waals surface area contributed by atoms with Gasteiger partial charge < -0.3 is 0 Å². The molecule has 0 aliphatic carbocycles. The van der Waals surface area contributed by atoms with Crippen LogP contribution in [0.1, 0.15) is 72.8 Å². The largest absolute Gasteiger partial charge is 0.297 e. The maximum absolute atomic E-state index is 10.9. The van der Waals surface area contributed by atoms with Crippen molar-refractivity contribution in [2.75, 3.05) is 0 Å². The number of hydrogen-bond acceptors (Lipinski definition) is 3. The van der Waals surface area contributed by atoms with E-state index < -0.39 is 0 Å². The Hall–Kier alpha value is -0.190. The Morgan fingerprint density at radius 3 is 2.33 bits per heavy atom. The van der Waals surface area contributed by atoms with Crippen LogP contribution in [0.3, 0.4) is 0 Å². The van der Waals surface area contributed by atoms with Crippen LogP contribution in [0.5, 0.6) is 0 Å². The van der Waals surface area contributed by atoms with Crippen LogP contribution < -0.4 is 0 Å². The molecule has 1 nitrogen and oxygen atoms in total. The predicted molar refractivity (Wildman–Crippen MR) is 99.1 cm³/mol. The molecule has 21 heavy (non-hydrogen) atoms. The highest BCUT2D eigenvalue weighted by Gasteiger charge is 2.12. The van der Waals surface area contributed by atoms with Gasteiger partial charge in [0.1, 0.15) is 0 Å². The van der Waals surface area contributed by atoms with Crippen molar-refractivity contribution in [1.82, 2.24) is 0 Å². The second kappa shape index (κ2) is 9.06. The normalized spacial score (nSPS) is 11.3. The van der Waals surface area contributed by atoms with E-state index in [4.69, 9.17) is 0 Å².